The molecule has 2 heterocycles. The summed E-state index contributed by atoms with van der Waals surface area (Å²) in [7, 11) is 0. The van der Waals surface area contributed by atoms with Crippen molar-refractivity contribution in [2.45, 2.75) is 42.2 Å². The van der Waals surface area contributed by atoms with E-state index in [4.69, 9.17) is 0 Å². The van der Waals surface area contributed by atoms with E-state index in [1.54, 1.807) is 23.1 Å². The average molecular weight is 340 g/mol. The molecular formula is C14H17N3OS3. The van der Waals surface area contributed by atoms with E-state index in [2.05, 4.69) is 33.0 Å². The highest BCUT2D eigenvalue weighted by Gasteiger charge is 2.19. The molecule has 0 radical (unpaired) electrons. The lowest BCUT2D eigenvalue weighted by molar-refractivity contribution is -0.117. The lowest BCUT2D eigenvalue weighted by atomic mass is 10.0. The van der Waals surface area contributed by atoms with Gasteiger partial charge in [-0.3, -0.25) is 4.79 Å². The number of rotatable bonds is 6. The Morgan fingerprint density at radius 1 is 1.38 bits per heavy atom. The van der Waals surface area contributed by atoms with Crippen molar-refractivity contribution in [3.05, 3.63) is 22.4 Å². The van der Waals surface area contributed by atoms with E-state index in [0.29, 0.717) is 17.5 Å². The topological polar surface area (TPSA) is 54.9 Å². The van der Waals surface area contributed by atoms with Gasteiger partial charge in [0.2, 0.25) is 11.0 Å². The van der Waals surface area contributed by atoms with Crippen molar-refractivity contribution < 1.29 is 4.79 Å². The van der Waals surface area contributed by atoms with Crippen molar-refractivity contribution in [2.24, 2.45) is 5.92 Å². The van der Waals surface area contributed by atoms with Crippen LogP contribution in [-0.2, 0) is 10.5 Å². The van der Waals surface area contributed by atoms with Crippen LogP contribution in [0.2, 0.25) is 0 Å². The third kappa shape index (κ3) is 4.52. The Labute approximate surface area is 136 Å². The van der Waals surface area contributed by atoms with Crippen molar-refractivity contribution in [1.29, 1.82) is 0 Å². The predicted molar refractivity (Wildman–Crippen MR) is 89.0 cm³/mol. The minimum Gasteiger partial charge on any atom is -0.300 e. The Bertz CT molecular complexity index is 576. The maximum atomic E-state index is 11.9. The summed E-state index contributed by atoms with van der Waals surface area (Å²) in [6.07, 6.45) is 5.52. The van der Waals surface area contributed by atoms with Crippen LogP contribution in [0.3, 0.4) is 0 Å². The third-order valence-corrected chi connectivity index (χ3v) is 6.60. The van der Waals surface area contributed by atoms with Crippen molar-refractivity contribution in [3.63, 3.8) is 0 Å². The zero-order valence-electron chi connectivity index (χ0n) is 11.6. The minimum absolute atomic E-state index is 0.0767. The first-order valence-corrected chi connectivity index (χ1v) is 9.76. The molecule has 3 rings (SSSR count). The fourth-order valence-electron chi connectivity index (χ4n) is 2.49. The zero-order chi connectivity index (χ0) is 14.5. The summed E-state index contributed by atoms with van der Waals surface area (Å²) in [6, 6.07) is 4.17. The molecule has 0 unspecified atom stereocenters. The average Bonchev–Trinajstić information content (AvgIpc) is 3.19. The normalized spacial score (nSPS) is 15.4. The van der Waals surface area contributed by atoms with Gasteiger partial charge in [-0.15, -0.1) is 21.5 Å². The van der Waals surface area contributed by atoms with Gasteiger partial charge in [-0.05, 0) is 30.2 Å². The number of thioether (sulfide) groups is 1. The van der Waals surface area contributed by atoms with E-state index >= 15 is 0 Å². The standard InChI is InChI=1S/C14H17N3OS3/c18-12(8-10-4-1-2-5-10)15-13-16-17-14(21-13)20-9-11-6-3-7-19-11/h3,6-7,10H,1-2,4-5,8-9H2,(H,15,16,18). The van der Waals surface area contributed by atoms with E-state index in [-0.39, 0.29) is 5.91 Å². The van der Waals surface area contributed by atoms with Gasteiger partial charge in [0.15, 0.2) is 4.34 Å². The summed E-state index contributed by atoms with van der Waals surface area (Å²) < 4.78 is 0.902. The maximum Gasteiger partial charge on any atom is 0.226 e. The molecular weight excluding hydrogens is 322 g/mol. The summed E-state index contributed by atoms with van der Waals surface area (Å²) in [5, 5.41) is 13.7. The van der Waals surface area contributed by atoms with Gasteiger partial charge in [0, 0.05) is 17.1 Å². The summed E-state index contributed by atoms with van der Waals surface area (Å²) in [5.41, 5.74) is 0. The Hall–Kier alpha value is -0.920. The smallest absolute Gasteiger partial charge is 0.226 e. The van der Waals surface area contributed by atoms with E-state index in [9.17, 15) is 4.79 Å². The van der Waals surface area contributed by atoms with Gasteiger partial charge >= 0.3 is 0 Å². The highest BCUT2D eigenvalue weighted by molar-refractivity contribution is 8.00. The molecule has 1 amide bonds. The second-order valence-electron chi connectivity index (χ2n) is 5.14. The summed E-state index contributed by atoms with van der Waals surface area (Å²) in [4.78, 5) is 13.3. The number of hydrogen-bond donors (Lipinski definition) is 1. The molecule has 0 saturated heterocycles. The largest absolute Gasteiger partial charge is 0.300 e. The van der Waals surface area contributed by atoms with Gasteiger partial charge in [0.05, 0.1) is 0 Å². The number of hydrogen-bond acceptors (Lipinski definition) is 6. The van der Waals surface area contributed by atoms with Crippen LogP contribution in [-0.4, -0.2) is 16.1 Å². The molecule has 0 aliphatic heterocycles. The highest BCUT2D eigenvalue weighted by Crippen LogP contribution is 2.31. The SMILES string of the molecule is O=C(CC1CCCC1)Nc1nnc(SCc2cccs2)s1. The third-order valence-electron chi connectivity index (χ3n) is 3.52. The van der Waals surface area contributed by atoms with Gasteiger partial charge in [-0.1, -0.05) is 42.0 Å². The van der Waals surface area contributed by atoms with Crippen molar-refractivity contribution in [2.75, 3.05) is 5.32 Å². The molecule has 1 fully saturated rings. The van der Waals surface area contributed by atoms with E-state index in [1.165, 1.54) is 41.9 Å². The number of thiophene rings is 1. The number of nitrogens with one attached hydrogen (secondary N) is 1. The molecule has 0 aromatic carbocycles. The molecule has 0 atom stereocenters. The van der Waals surface area contributed by atoms with Gasteiger partial charge in [-0.2, -0.15) is 0 Å². The monoisotopic (exact) mass is 339 g/mol. The Kier molecular flexibility index (Phi) is 5.27. The van der Waals surface area contributed by atoms with Gasteiger partial charge in [-0.25, -0.2) is 0 Å². The molecule has 1 N–H and O–H groups in total. The first-order chi connectivity index (χ1) is 10.3. The number of nitrogens with zero attached hydrogens (tertiary/aromatic N) is 2. The van der Waals surface area contributed by atoms with Gasteiger partial charge in [0.25, 0.3) is 0 Å². The lowest BCUT2D eigenvalue weighted by Crippen LogP contribution is -2.14. The molecule has 0 bridgehead atoms. The molecule has 2 aromatic heterocycles. The lowest BCUT2D eigenvalue weighted by Gasteiger charge is -2.06. The van der Waals surface area contributed by atoms with Crippen LogP contribution in [0.15, 0.2) is 21.9 Å². The number of amides is 1. The van der Waals surface area contributed by atoms with Crippen LogP contribution in [0, 0.1) is 5.92 Å². The van der Waals surface area contributed by atoms with Crippen LogP contribution in [0.1, 0.15) is 37.0 Å². The van der Waals surface area contributed by atoms with E-state index < -0.39 is 0 Å². The number of carbonyl (C=O) groups excluding carboxylic acids is 1. The minimum atomic E-state index is 0.0767. The predicted octanol–water partition coefficient (Wildman–Crippen LogP) is 4.41. The molecule has 21 heavy (non-hydrogen) atoms. The summed E-state index contributed by atoms with van der Waals surface area (Å²) in [6.45, 7) is 0. The number of carbonyl (C=O) groups is 1. The Balaban J connectivity index is 1.46. The van der Waals surface area contributed by atoms with Crippen LogP contribution in [0.5, 0.6) is 0 Å². The fourth-order valence-corrected chi connectivity index (χ4v) is 5.03. The van der Waals surface area contributed by atoms with E-state index in [0.717, 1.165) is 10.1 Å². The molecule has 7 heteroatoms. The molecule has 2 aromatic rings. The highest BCUT2D eigenvalue weighted by atomic mass is 32.2. The zero-order valence-corrected chi connectivity index (χ0v) is 14.0. The molecule has 1 aliphatic carbocycles. The molecule has 0 spiro atoms. The molecule has 1 aliphatic rings. The summed E-state index contributed by atoms with van der Waals surface area (Å²) in [5.74, 6) is 1.54. The first-order valence-electron chi connectivity index (χ1n) is 7.08. The number of aromatic nitrogens is 2. The van der Waals surface area contributed by atoms with E-state index in [1.807, 2.05) is 0 Å². The molecule has 4 nitrogen and oxygen atoms in total. The second kappa shape index (κ2) is 7.38. The van der Waals surface area contributed by atoms with Crippen LogP contribution >= 0.6 is 34.4 Å². The maximum absolute atomic E-state index is 11.9. The Morgan fingerprint density at radius 3 is 3.00 bits per heavy atom. The Morgan fingerprint density at radius 2 is 2.24 bits per heavy atom. The molecule has 112 valence electrons. The first kappa shape index (κ1) is 15.0. The quantitative estimate of drug-likeness (QED) is 0.625. The number of anilines is 1. The van der Waals surface area contributed by atoms with Crippen LogP contribution in [0.25, 0.3) is 0 Å². The molecule has 1 saturated carbocycles. The van der Waals surface area contributed by atoms with Crippen LogP contribution < -0.4 is 5.32 Å². The van der Waals surface area contributed by atoms with Crippen molar-refractivity contribution in [1.82, 2.24) is 10.2 Å². The van der Waals surface area contributed by atoms with Gasteiger partial charge < -0.3 is 5.32 Å². The van der Waals surface area contributed by atoms with Crippen LogP contribution in [0.4, 0.5) is 5.13 Å². The van der Waals surface area contributed by atoms with Crippen molar-refractivity contribution >= 4 is 45.5 Å². The second-order valence-corrected chi connectivity index (χ2v) is 8.38. The fraction of sp³-hybridized carbons (Fsp3) is 0.500. The summed E-state index contributed by atoms with van der Waals surface area (Å²) >= 11 is 4.86. The van der Waals surface area contributed by atoms with Gasteiger partial charge in [0.1, 0.15) is 0 Å². The van der Waals surface area contributed by atoms with Crippen molar-refractivity contribution in [3.8, 4) is 0 Å².